The molecule has 34 heavy (non-hydrogen) atoms. The highest BCUT2D eigenvalue weighted by Crippen LogP contribution is 2.31. The maximum absolute atomic E-state index is 13.7. The van der Waals surface area contributed by atoms with E-state index in [0.29, 0.717) is 16.8 Å². The second kappa shape index (κ2) is 10.4. The third kappa shape index (κ3) is 5.03. The number of anilines is 1. The van der Waals surface area contributed by atoms with Gasteiger partial charge in [-0.25, -0.2) is 4.79 Å². The summed E-state index contributed by atoms with van der Waals surface area (Å²) >= 11 is 0. The highest BCUT2D eigenvalue weighted by atomic mass is 16.5. The Morgan fingerprint density at radius 3 is 2.26 bits per heavy atom. The molecule has 2 amide bonds. The highest BCUT2D eigenvalue weighted by Gasteiger charge is 2.35. The Kier molecular flexibility index (Phi) is 7.11. The summed E-state index contributed by atoms with van der Waals surface area (Å²) in [5.74, 6) is -1.08. The van der Waals surface area contributed by atoms with E-state index in [1.807, 2.05) is 31.2 Å². The highest BCUT2D eigenvalue weighted by molar-refractivity contribution is 6.09. The number of furan rings is 1. The predicted octanol–water partition coefficient (Wildman–Crippen LogP) is 4.82. The molecule has 0 radical (unpaired) electrons. The fourth-order valence-electron chi connectivity index (χ4n) is 4.30. The number of nitrogens with zero attached hydrogens (tertiary/aromatic N) is 1. The summed E-state index contributed by atoms with van der Waals surface area (Å²) in [6, 6.07) is 16.3. The SMILES string of the molecule is COC(=O)c1ccc(N(C(=O)c2ccco2)C(C(=O)NC2CCCC2)c2ccc(C)cc2)cc1. The van der Waals surface area contributed by atoms with Crippen LogP contribution in [0.2, 0.25) is 0 Å². The minimum Gasteiger partial charge on any atom is -0.465 e. The lowest BCUT2D eigenvalue weighted by Gasteiger charge is -2.32. The summed E-state index contributed by atoms with van der Waals surface area (Å²) in [5.41, 5.74) is 2.53. The van der Waals surface area contributed by atoms with Crippen molar-refractivity contribution < 1.29 is 23.5 Å². The van der Waals surface area contributed by atoms with E-state index in [-0.39, 0.29) is 17.7 Å². The average molecular weight is 461 g/mol. The third-order valence-electron chi connectivity index (χ3n) is 6.12. The van der Waals surface area contributed by atoms with Crippen molar-refractivity contribution in [2.75, 3.05) is 12.0 Å². The molecule has 1 aliphatic rings. The number of ether oxygens (including phenoxy) is 1. The molecule has 1 atom stereocenters. The molecule has 1 aromatic heterocycles. The van der Waals surface area contributed by atoms with E-state index in [2.05, 4.69) is 5.32 Å². The van der Waals surface area contributed by atoms with Gasteiger partial charge in [-0.1, -0.05) is 42.7 Å². The number of benzene rings is 2. The molecular formula is C27H28N2O5. The molecule has 4 rings (SSSR count). The minimum atomic E-state index is -0.928. The van der Waals surface area contributed by atoms with Crippen molar-refractivity contribution in [3.05, 3.63) is 89.4 Å². The van der Waals surface area contributed by atoms with Crippen LogP contribution in [0, 0.1) is 6.92 Å². The maximum atomic E-state index is 13.7. The fourth-order valence-corrected chi connectivity index (χ4v) is 4.30. The summed E-state index contributed by atoms with van der Waals surface area (Å²) in [6.45, 7) is 1.97. The van der Waals surface area contributed by atoms with Crippen LogP contribution < -0.4 is 10.2 Å². The van der Waals surface area contributed by atoms with Crippen molar-refractivity contribution in [2.45, 2.75) is 44.7 Å². The summed E-state index contributed by atoms with van der Waals surface area (Å²) < 4.78 is 10.2. The lowest BCUT2D eigenvalue weighted by molar-refractivity contribution is -0.123. The van der Waals surface area contributed by atoms with Crippen LogP contribution in [0.25, 0.3) is 0 Å². The molecule has 0 spiro atoms. The molecule has 1 heterocycles. The number of nitrogens with one attached hydrogen (secondary N) is 1. The van der Waals surface area contributed by atoms with Crippen LogP contribution in [-0.4, -0.2) is 30.9 Å². The molecule has 1 aliphatic carbocycles. The van der Waals surface area contributed by atoms with Crippen LogP contribution in [0.15, 0.2) is 71.3 Å². The van der Waals surface area contributed by atoms with Gasteiger partial charge in [-0.15, -0.1) is 0 Å². The van der Waals surface area contributed by atoms with Crippen LogP contribution in [0.1, 0.15) is 63.8 Å². The molecule has 7 nitrogen and oxygen atoms in total. The van der Waals surface area contributed by atoms with Crippen molar-refractivity contribution in [2.24, 2.45) is 0 Å². The topological polar surface area (TPSA) is 88.8 Å². The fraction of sp³-hybridized carbons (Fsp3) is 0.296. The van der Waals surface area contributed by atoms with Gasteiger partial charge in [-0.2, -0.15) is 0 Å². The van der Waals surface area contributed by atoms with Crippen LogP contribution >= 0.6 is 0 Å². The Bertz CT molecular complexity index is 1130. The van der Waals surface area contributed by atoms with Gasteiger partial charge >= 0.3 is 5.97 Å². The van der Waals surface area contributed by atoms with E-state index in [0.717, 1.165) is 31.2 Å². The molecule has 1 fully saturated rings. The minimum absolute atomic E-state index is 0.0858. The van der Waals surface area contributed by atoms with E-state index >= 15 is 0 Å². The van der Waals surface area contributed by atoms with E-state index in [4.69, 9.17) is 9.15 Å². The average Bonchev–Trinajstić information content (AvgIpc) is 3.57. The van der Waals surface area contributed by atoms with Crippen LogP contribution in [0.4, 0.5) is 5.69 Å². The first kappa shape index (κ1) is 23.3. The van der Waals surface area contributed by atoms with Crippen LogP contribution in [0.3, 0.4) is 0 Å². The zero-order chi connectivity index (χ0) is 24.1. The van der Waals surface area contributed by atoms with Gasteiger partial charge in [0.2, 0.25) is 5.91 Å². The van der Waals surface area contributed by atoms with E-state index in [9.17, 15) is 14.4 Å². The first-order valence-corrected chi connectivity index (χ1v) is 11.4. The summed E-state index contributed by atoms with van der Waals surface area (Å²) in [6.07, 6.45) is 5.41. The second-order valence-electron chi connectivity index (χ2n) is 8.49. The van der Waals surface area contributed by atoms with Crippen LogP contribution in [-0.2, 0) is 9.53 Å². The number of hydrogen-bond acceptors (Lipinski definition) is 5. The lowest BCUT2D eigenvalue weighted by atomic mass is 10.0. The Morgan fingerprint density at radius 1 is 1.00 bits per heavy atom. The number of carbonyl (C=O) groups is 3. The number of hydrogen-bond donors (Lipinski definition) is 1. The Balaban J connectivity index is 1.79. The number of methoxy groups -OCH3 is 1. The van der Waals surface area contributed by atoms with Crippen molar-refractivity contribution in [3.63, 3.8) is 0 Å². The molecule has 0 bridgehead atoms. The van der Waals surface area contributed by atoms with Gasteiger partial charge in [-0.05, 0) is 61.7 Å². The van der Waals surface area contributed by atoms with Gasteiger partial charge in [0.25, 0.3) is 5.91 Å². The smallest absolute Gasteiger partial charge is 0.337 e. The molecule has 7 heteroatoms. The molecule has 1 unspecified atom stereocenters. The number of carbonyl (C=O) groups excluding carboxylic acids is 3. The van der Waals surface area contributed by atoms with Gasteiger partial charge in [0.05, 0.1) is 18.9 Å². The van der Waals surface area contributed by atoms with Crippen molar-refractivity contribution in [3.8, 4) is 0 Å². The van der Waals surface area contributed by atoms with E-state index in [1.54, 1.807) is 36.4 Å². The first-order valence-electron chi connectivity index (χ1n) is 11.4. The molecule has 176 valence electrons. The molecule has 0 saturated heterocycles. The zero-order valence-electron chi connectivity index (χ0n) is 19.3. The quantitative estimate of drug-likeness (QED) is 0.511. The number of esters is 1. The molecule has 1 saturated carbocycles. The van der Waals surface area contributed by atoms with Crippen molar-refractivity contribution >= 4 is 23.5 Å². The van der Waals surface area contributed by atoms with Gasteiger partial charge in [-0.3, -0.25) is 14.5 Å². The van der Waals surface area contributed by atoms with Gasteiger partial charge in [0.1, 0.15) is 6.04 Å². The number of amides is 2. The predicted molar refractivity (Wildman–Crippen MR) is 128 cm³/mol. The third-order valence-corrected chi connectivity index (χ3v) is 6.12. The summed E-state index contributed by atoms with van der Waals surface area (Å²) in [4.78, 5) is 40.7. The normalized spacial score (nSPS) is 14.4. The Labute approximate surface area is 198 Å². The van der Waals surface area contributed by atoms with Gasteiger partial charge in [0.15, 0.2) is 5.76 Å². The van der Waals surface area contributed by atoms with Crippen LogP contribution in [0.5, 0.6) is 0 Å². The number of rotatable bonds is 7. The van der Waals surface area contributed by atoms with Crippen molar-refractivity contribution in [1.29, 1.82) is 0 Å². The van der Waals surface area contributed by atoms with Gasteiger partial charge in [0, 0.05) is 11.7 Å². The van der Waals surface area contributed by atoms with Crippen molar-refractivity contribution in [1.82, 2.24) is 5.32 Å². The molecule has 2 aromatic carbocycles. The van der Waals surface area contributed by atoms with E-state index < -0.39 is 17.9 Å². The Hall–Kier alpha value is -3.87. The van der Waals surface area contributed by atoms with E-state index in [1.165, 1.54) is 18.3 Å². The molecular weight excluding hydrogens is 432 g/mol. The first-order chi connectivity index (χ1) is 16.5. The summed E-state index contributed by atoms with van der Waals surface area (Å²) in [5, 5.41) is 3.14. The Morgan fingerprint density at radius 2 is 1.68 bits per heavy atom. The summed E-state index contributed by atoms with van der Waals surface area (Å²) in [7, 11) is 1.31. The largest absolute Gasteiger partial charge is 0.465 e. The number of aryl methyl sites for hydroxylation is 1. The zero-order valence-corrected chi connectivity index (χ0v) is 19.3. The standard InChI is InChI=1S/C27H28N2O5/c1-18-9-11-19(12-10-18)24(25(30)28-21-6-3-4-7-21)29(26(31)23-8-5-17-34-23)22-15-13-20(14-16-22)27(32)33-2/h5,8-17,21,24H,3-4,6-7H2,1-2H3,(H,28,30). The molecule has 3 aromatic rings. The van der Waals surface area contributed by atoms with Gasteiger partial charge < -0.3 is 14.5 Å². The maximum Gasteiger partial charge on any atom is 0.337 e. The molecule has 1 N–H and O–H groups in total. The molecule has 0 aliphatic heterocycles. The monoisotopic (exact) mass is 460 g/mol. The second-order valence-corrected chi connectivity index (χ2v) is 8.49. The lowest BCUT2D eigenvalue weighted by Crippen LogP contribution is -2.46.